The van der Waals surface area contributed by atoms with Crippen molar-refractivity contribution in [1.82, 2.24) is 0 Å². The summed E-state index contributed by atoms with van der Waals surface area (Å²) in [6.07, 6.45) is 7.79. The van der Waals surface area contributed by atoms with Crippen LogP contribution in [0, 0.1) is 0 Å². The minimum atomic E-state index is -0.671. The molecule has 0 saturated heterocycles. The lowest BCUT2D eigenvalue weighted by Gasteiger charge is -1.96. The third-order valence-electron chi connectivity index (χ3n) is 1.22. The van der Waals surface area contributed by atoms with E-state index in [1.54, 1.807) is 0 Å². The van der Waals surface area contributed by atoms with Gasteiger partial charge in [-0.15, -0.1) is 11.1 Å². The third kappa shape index (κ3) is 8.21. The van der Waals surface area contributed by atoms with E-state index in [9.17, 15) is 0 Å². The van der Waals surface area contributed by atoms with E-state index >= 15 is 0 Å². The van der Waals surface area contributed by atoms with Crippen molar-refractivity contribution in [1.29, 1.82) is 0 Å². The molecule has 0 aromatic carbocycles. The molecule has 0 aliphatic carbocycles. The minimum absolute atomic E-state index is 0.671. The second-order valence-electron chi connectivity index (χ2n) is 2.08. The highest BCUT2D eigenvalue weighted by atomic mass is 35.6. The van der Waals surface area contributed by atoms with Crippen LogP contribution >= 0.6 is 11.1 Å². The van der Waals surface area contributed by atoms with Crippen LogP contribution in [0.5, 0.6) is 0 Å². The van der Waals surface area contributed by atoms with Crippen LogP contribution in [-0.2, 0) is 4.43 Å². The average Bonchev–Trinajstić information content (AvgIpc) is 1.97. The van der Waals surface area contributed by atoms with Crippen LogP contribution in [0.4, 0.5) is 0 Å². The van der Waals surface area contributed by atoms with Gasteiger partial charge in [0, 0.05) is 6.61 Å². The first-order chi connectivity index (χ1) is 4.91. The summed E-state index contributed by atoms with van der Waals surface area (Å²) in [6.45, 7) is 2.90. The lowest BCUT2D eigenvalue weighted by Crippen LogP contribution is -1.93. The fraction of sp³-hybridized carbons (Fsp3) is 0.714. The van der Waals surface area contributed by atoms with Crippen molar-refractivity contribution in [3.05, 3.63) is 12.2 Å². The fourth-order valence-electron chi connectivity index (χ4n) is 0.688. The molecule has 0 aromatic rings. The third-order valence-corrected chi connectivity index (χ3v) is 2.13. The lowest BCUT2D eigenvalue weighted by molar-refractivity contribution is 0.332. The number of hydrogen-bond acceptors (Lipinski definition) is 1. The van der Waals surface area contributed by atoms with Gasteiger partial charge in [-0.05, 0) is 26.2 Å². The first-order valence-corrected chi connectivity index (χ1v) is 6.38. The topological polar surface area (TPSA) is 9.23 Å². The smallest absolute Gasteiger partial charge is 0.258 e. The number of hydrogen-bond donors (Lipinski definition) is 0. The fourth-order valence-corrected chi connectivity index (χ4v) is 1.33. The first kappa shape index (κ1) is 10.2. The van der Waals surface area contributed by atoms with Crippen LogP contribution in [0.15, 0.2) is 12.2 Å². The number of unbranched alkanes of at least 4 members (excludes halogenated alkanes) is 2. The number of allylic oxidation sites excluding steroid dienone is 2. The Kier molecular flexibility index (Phi) is 9.40. The Balaban J connectivity index is 2.77. The van der Waals surface area contributed by atoms with Crippen molar-refractivity contribution in [2.75, 3.05) is 6.61 Å². The van der Waals surface area contributed by atoms with Gasteiger partial charge in [-0.25, -0.2) is 0 Å². The van der Waals surface area contributed by atoms with Gasteiger partial charge in [0.15, 0.2) is 0 Å². The molecule has 0 heterocycles. The average molecular weight is 179 g/mol. The van der Waals surface area contributed by atoms with Gasteiger partial charge in [-0.3, -0.25) is 0 Å². The molecular weight excluding hydrogens is 164 g/mol. The van der Waals surface area contributed by atoms with Gasteiger partial charge in [0.2, 0.25) is 0 Å². The van der Waals surface area contributed by atoms with Gasteiger partial charge in [0.05, 0.1) is 0 Å². The standard InChI is InChI=1S/C7H15ClOSi/c1-2-3-4-5-6-7-9-10-8/h2-3H,4-7,10H2,1H3. The summed E-state index contributed by atoms with van der Waals surface area (Å²) in [5.41, 5.74) is 0. The number of rotatable bonds is 6. The van der Waals surface area contributed by atoms with E-state index in [1.807, 2.05) is 6.92 Å². The molecule has 1 nitrogen and oxygen atoms in total. The monoisotopic (exact) mass is 178 g/mol. The molecule has 0 bridgehead atoms. The van der Waals surface area contributed by atoms with Crippen molar-refractivity contribution in [3.63, 3.8) is 0 Å². The molecule has 0 aromatic heterocycles. The summed E-state index contributed by atoms with van der Waals surface area (Å²) in [5, 5.41) is 0. The predicted octanol–water partition coefficient (Wildman–Crippen LogP) is 1.99. The summed E-state index contributed by atoms with van der Waals surface area (Å²) < 4.78 is 5.09. The number of halogens is 1. The molecule has 0 spiro atoms. The molecule has 0 N–H and O–H groups in total. The molecule has 0 radical (unpaired) electrons. The van der Waals surface area contributed by atoms with Crippen LogP contribution in [0.2, 0.25) is 0 Å². The van der Waals surface area contributed by atoms with E-state index in [4.69, 9.17) is 15.5 Å². The molecule has 0 fully saturated rings. The molecule has 0 rings (SSSR count). The molecule has 0 aliphatic heterocycles. The van der Waals surface area contributed by atoms with Crippen molar-refractivity contribution in [3.8, 4) is 0 Å². The summed E-state index contributed by atoms with van der Waals surface area (Å²) in [5.74, 6) is 0. The van der Waals surface area contributed by atoms with E-state index in [1.165, 1.54) is 12.8 Å². The van der Waals surface area contributed by atoms with E-state index < -0.39 is 9.07 Å². The van der Waals surface area contributed by atoms with Crippen LogP contribution in [0.1, 0.15) is 26.2 Å². The Morgan fingerprint density at radius 2 is 2.30 bits per heavy atom. The zero-order chi connectivity index (χ0) is 7.66. The van der Waals surface area contributed by atoms with E-state index in [-0.39, 0.29) is 0 Å². The van der Waals surface area contributed by atoms with E-state index in [0.717, 1.165) is 13.0 Å². The van der Waals surface area contributed by atoms with Crippen molar-refractivity contribution in [2.45, 2.75) is 26.2 Å². The molecule has 0 unspecified atom stereocenters. The van der Waals surface area contributed by atoms with Crippen molar-refractivity contribution >= 4 is 20.2 Å². The summed E-state index contributed by atoms with van der Waals surface area (Å²) in [7, 11) is -0.671. The Hall–Kier alpha value is 0.207. The molecule has 3 heteroatoms. The Morgan fingerprint density at radius 1 is 1.50 bits per heavy atom. The van der Waals surface area contributed by atoms with Gasteiger partial charge < -0.3 is 4.43 Å². The van der Waals surface area contributed by atoms with Gasteiger partial charge in [0.25, 0.3) is 9.07 Å². The maximum Gasteiger partial charge on any atom is 0.258 e. The van der Waals surface area contributed by atoms with E-state index in [0.29, 0.717) is 0 Å². The maximum absolute atomic E-state index is 5.44. The second-order valence-corrected chi connectivity index (χ2v) is 3.36. The zero-order valence-electron chi connectivity index (χ0n) is 6.48. The SMILES string of the molecule is CC=CCCCCO[SiH2]Cl. The van der Waals surface area contributed by atoms with Crippen LogP contribution in [0.3, 0.4) is 0 Å². The largest absolute Gasteiger partial charge is 0.408 e. The van der Waals surface area contributed by atoms with E-state index in [2.05, 4.69) is 12.2 Å². The first-order valence-electron chi connectivity index (χ1n) is 3.66. The minimum Gasteiger partial charge on any atom is -0.408 e. The Labute approximate surface area is 70.1 Å². The summed E-state index contributed by atoms with van der Waals surface area (Å²) in [6, 6.07) is 0. The molecule has 0 amide bonds. The quantitative estimate of drug-likeness (QED) is 0.262. The molecular formula is C7H15ClOSi. The van der Waals surface area contributed by atoms with Gasteiger partial charge in [-0.2, -0.15) is 0 Å². The van der Waals surface area contributed by atoms with Crippen molar-refractivity contribution in [2.24, 2.45) is 0 Å². The Morgan fingerprint density at radius 3 is 2.90 bits per heavy atom. The summed E-state index contributed by atoms with van der Waals surface area (Å²) >= 11 is 5.44. The van der Waals surface area contributed by atoms with Gasteiger partial charge in [0.1, 0.15) is 0 Å². The highest BCUT2D eigenvalue weighted by Crippen LogP contribution is 1.96. The van der Waals surface area contributed by atoms with Gasteiger partial charge >= 0.3 is 0 Å². The maximum atomic E-state index is 5.44. The highest BCUT2D eigenvalue weighted by Gasteiger charge is 1.85. The Bertz CT molecular complexity index is 85.7. The predicted molar refractivity (Wildman–Crippen MR) is 49.0 cm³/mol. The van der Waals surface area contributed by atoms with Crippen LogP contribution in [0.25, 0.3) is 0 Å². The molecule has 0 atom stereocenters. The van der Waals surface area contributed by atoms with Crippen molar-refractivity contribution < 1.29 is 4.43 Å². The lowest BCUT2D eigenvalue weighted by atomic mass is 10.2. The molecule has 60 valence electrons. The molecule has 10 heavy (non-hydrogen) atoms. The van der Waals surface area contributed by atoms with Crippen LogP contribution in [-0.4, -0.2) is 15.7 Å². The summed E-state index contributed by atoms with van der Waals surface area (Å²) in [4.78, 5) is 0. The molecule has 0 saturated carbocycles. The molecule has 0 aliphatic rings. The van der Waals surface area contributed by atoms with Crippen LogP contribution < -0.4 is 0 Å². The zero-order valence-corrected chi connectivity index (χ0v) is 8.65. The highest BCUT2D eigenvalue weighted by molar-refractivity contribution is 6.89. The van der Waals surface area contributed by atoms with Gasteiger partial charge in [-0.1, -0.05) is 12.2 Å². The second kappa shape index (κ2) is 9.21. The normalized spacial score (nSPS) is 12.2.